The molecule has 0 unspecified atom stereocenters. The highest BCUT2D eigenvalue weighted by atomic mass is 32.2. The summed E-state index contributed by atoms with van der Waals surface area (Å²) < 4.78 is 40.0. The van der Waals surface area contributed by atoms with Gasteiger partial charge in [-0.3, -0.25) is 4.79 Å². The molecule has 0 radical (unpaired) electrons. The Morgan fingerprint density at radius 2 is 1.89 bits per heavy atom. The Kier molecular flexibility index (Phi) is 4.97. The van der Waals surface area contributed by atoms with E-state index in [4.69, 9.17) is 0 Å². The fourth-order valence-electron chi connectivity index (χ4n) is 4.16. The Hall–Kier alpha value is -2.25. The number of nitrogens with one attached hydrogen (secondary N) is 1. The average Bonchev–Trinajstić information content (AvgIpc) is 3.32. The SMILES string of the molecule is CS(=O)(=O)N[C@@H]1CCN(C(=O)[C@@H]2C[C@H]2c2cccc(F)c2-c2ccccc2)C1. The standard InChI is InChI=1S/C21H23FN2O3S/c1-28(26,27)23-15-10-11-24(13-15)21(25)18-12-17(18)16-8-5-9-19(22)20(16)14-6-3-2-4-7-14/h2-9,15,17-18,23H,10-13H2,1H3/t15-,17+,18-/m1/s1. The molecule has 1 aliphatic carbocycles. The van der Waals surface area contributed by atoms with Crippen molar-refractivity contribution in [2.45, 2.75) is 24.8 Å². The molecule has 0 bridgehead atoms. The third-order valence-electron chi connectivity index (χ3n) is 5.50. The maximum atomic E-state index is 14.6. The van der Waals surface area contributed by atoms with Crippen LogP contribution in [-0.2, 0) is 14.8 Å². The first-order valence-corrected chi connectivity index (χ1v) is 11.3. The number of rotatable bonds is 5. The molecule has 1 aliphatic heterocycles. The summed E-state index contributed by atoms with van der Waals surface area (Å²) in [6, 6.07) is 14.2. The summed E-state index contributed by atoms with van der Waals surface area (Å²) in [5.74, 6) is -0.409. The average molecular weight is 402 g/mol. The summed E-state index contributed by atoms with van der Waals surface area (Å²) in [7, 11) is -3.29. The lowest BCUT2D eigenvalue weighted by molar-refractivity contribution is -0.131. The van der Waals surface area contributed by atoms with Crippen LogP contribution in [0, 0.1) is 11.7 Å². The second-order valence-corrected chi connectivity index (χ2v) is 9.46. The molecule has 1 N–H and O–H groups in total. The predicted molar refractivity (Wildman–Crippen MR) is 106 cm³/mol. The van der Waals surface area contributed by atoms with Gasteiger partial charge in [0.2, 0.25) is 15.9 Å². The number of likely N-dealkylation sites (tertiary alicyclic amines) is 1. The van der Waals surface area contributed by atoms with E-state index in [2.05, 4.69) is 4.72 Å². The lowest BCUT2D eigenvalue weighted by Gasteiger charge is -2.17. The minimum absolute atomic E-state index is 0.000299. The van der Waals surface area contributed by atoms with Crippen molar-refractivity contribution in [1.82, 2.24) is 9.62 Å². The summed E-state index contributed by atoms with van der Waals surface area (Å²) >= 11 is 0. The van der Waals surface area contributed by atoms with Gasteiger partial charge in [-0.1, -0.05) is 42.5 Å². The van der Waals surface area contributed by atoms with Gasteiger partial charge in [-0.05, 0) is 36.0 Å². The zero-order valence-electron chi connectivity index (χ0n) is 15.6. The Morgan fingerprint density at radius 1 is 1.14 bits per heavy atom. The molecule has 7 heteroatoms. The van der Waals surface area contributed by atoms with Gasteiger partial charge in [0.1, 0.15) is 5.82 Å². The Bertz CT molecular complexity index is 994. The van der Waals surface area contributed by atoms with Gasteiger partial charge in [-0.15, -0.1) is 0 Å². The van der Waals surface area contributed by atoms with Crippen LogP contribution in [0.1, 0.15) is 24.3 Å². The zero-order chi connectivity index (χ0) is 19.9. The van der Waals surface area contributed by atoms with E-state index in [1.54, 1.807) is 11.0 Å². The fraction of sp³-hybridized carbons (Fsp3) is 0.381. The van der Waals surface area contributed by atoms with Crippen LogP contribution >= 0.6 is 0 Å². The molecular formula is C21H23FN2O3S. The lowest BCUT2D eigenvalue weighted by Crippen LogP contribution is -2.38. The highest BCUT2D eigenvalue weighted by Crippen LogP contribution is 2.51. The van der Waals surface area contributed by atoms with Gasteiger partial charge in [0.15, 0.2) is 0 Å². The molecule has 2 aromatic rings. The van der Waals surface area contributed by atoms with Crippen LogP contribution in [0.3, 0.4) is 0 Å². The summed E-state index contributed by atoms with van der Waals surface area (Å²) in [5, 5.41) is 0. The fourth-order valence-corrected chi connectivity index (χ4v) is 4.96. The van der Waals surface area contributed by atoms with Gasteiger partial charge >= 0.3 is 0 Å². The number of benzene rings is 2. The van der Waals surface area contributed by atoms with E-state index in [1.807, 2.05) is 36.4 Å². The highest BCUT2D eigenvalue weighted by molar-refractivity contribution is 7.88. The molecule has 1 saturated heterocycles. The molecule has 1 amide bonds. The molecule has 5 nitrogen and oxygen atoms in total. The van der Waals surface area contributed by atoms with E-state index in [0.29, 0.717) is 31.5 Å². The normalized spacial score (nSPS) is 24.4. The zero-order valence-corrected chi connectivity index (χ0v) is 16.5. The predicted octanol–water partition coefficient (Wildman–Crippen LogP) is 2.75. The van der Waals surface area contributed by atoms with Crippen molar-refractivity contribution in [3.05, 3.63) is 59.9 Å². The Balaban J connectivity index is 1.50. The molecule has 2 fully saturated rings. The first-order chi connectivity index (χ1) is 13.3. The third kappa shape index (κ3) is 3.95. The summed E-state index contributed by atoms with van der Waals surface area (Å²) in [4.78, 5) is 14.6. The van der Waals surface area contributed by atoms with Crippen molar-refractivity contribution in [2.24, 2.45) is 5.92 Å². The number of hydrogen-bond acceptors (Lipinski definition) is 3. The van der Waals surface area contributed by atoms with Crippen LogP contribution < -0.4 is 4.72 Å². The van der Waals surface area contributed by atoms with Gasteiger partial charge in [0.05, 0.1) is 6.26 Å². The number of sulfonamides is 1. The lowest BCUT2D eigenvalue weighted by atomic mass is 9.95. The third-order valence-corrected chi connectivity index (χ3v) is 6.26. The monoisotopic (exact) mass is 402 g/mol. The first-order valence-electron chi connectivity index (χ1n) is 9.43. The molecule has 1 saturated carbocycles. The summed E-state index contributed by atoms with van der Waals surface area (Å²) in [6.07, 6.45) is 2.44. The quantitative estimate of drug-likeness (QED) is 0.836. The second-order valence-electron chi connectivity index (χ2n) is 7.68. The second kappa shape index (κ2) is 7.29. The summed E-state index contributed by atoms with van der Waals surface area (Å²) in [6.45, 7) is 0.938. The van der Waals surface area contributed by atoms with Gasteiger partial charge in [-0.2, -0.15) is 0 Å². The van der Waals surface area contributed by atoms with E-state index in [1.165, 1.54) is 6.07 Å². The van der Waals surface area contributed by atoms with Crippen LogP contribution in [0.4, 0.5) is 4.39 Å². The molecule has 4 rings (SSSR count). The van der Waals surface area contributed by atoms with Gasteiger partial charge < -0.3 is 4.90 Å². The molecule has 3 atom stereocenters. The maximum Gasteiger partial charge on any atom is 0.226 e. The molecule has 2 aromatic carbocycles. The maximum absolute atomic E-state index is 14.6. The number of hydrogen-bond donors (Lipinski definition) is 1. The molecule has 1 heterocycles. The number of carbonyl (C=O) groups excluding carboxylic acids is 1. The van der Waals surface area contributed by atoms with Crippen LogP contribution in [-0.4, -0.2) is 44.6 Å². The van der Waals surface area contributed by atoms with Crippen LogP contribution in [0.15, 0.2) is 48.5 Å². The Labute approximate surface area is 164 Å². The van der Waals surface area contributed by atoms with E-state index < -0.39 is 10.0 Å². The summed E-state index contributed by atoms with van der Waals surface area (Å²) in [5.41, 5.74) is 2.25. The van der Waals surface area contributed by atoms with E-state index >= 15 is 0 Å². The minimum Gasteiger partial charge on any atom is -0.341 e. The van der Waals surface area contributed by atoms with Gasteiger partial charge in [-0.25, -0.2) is 17.5 Å². The van der Waals surface area contributed by atoms with Crippen molar-refractivity contribution in [2.75, 3.05) is 19.3 Å². The van der Waals surface area contributed by atoms with Crippen molar-refractivity contribution < 1.29 is 17.6 Å². The van der Waals surface area contributed by atoms with Crippen molar-refractivity contribution >= 4 is 15.9 Å². The molecular weight excluding hydrogens is 379 g/mol. The molecule has 0 spiro atoms. The van der Waals surface area contributed by atoms with Crippen molar-refractivity contribution in [1.29, 1.82) is 0 Å². The Morgan fingerprint density at radius 3 is 2.61 bits per heavy atom. The van der Waals surface area contributed by atoms with Gasteiger partial charge in [0.25, 0.3) is 0 Å². The molecule has 0 aromatic heterocycles. The minimum atomic E-state index is -3.29. The van der Waals surface area contributed by atoms with Crippen LogP contribution in [0.5, 0.6) is 0 Å². The van der Waals surface area contributed by atoms with Gasteiger partial charge in [0, 0.05) is 30.6 Å². The molecule has 148 valence electrons. The van der Waals surface area contributed by atoms with E-state index in [0.717, 1.165) is 17.4 Å². The molecule has 2 aliphatic rings. The first kappa shape index (κ1) is 19.1. The topological polar surface area (TPSA) is 66.5 Å². The van der Waals surface area contributed by atoms with E-state index in [-0.39, 0.29) is 29.6 Å². The number of carbonyl (C=O) groups is 1. The van der Waals surface area contributed by atoms with Crippen molar-refractivity contribution in [3.63, 3.8) is 0 Å². The smallest absolute Gasteiger partial charge is 0.226 e. The largest absolute Gasteiger partial charge is 0.341 e. The number of nitrogens with zero attached hydrogens (tertiary/aromatic N) is 1. The highest BCUT2D eigenvalue weighted by Gasteiger charge is 2.48. The van der Waals surface area contributed by atoms with Crippen LogP contribution in [0.25, 0.3) is 11.1 Å². The van der Waals surface area contributed by atoms with Crippen LogP contribution in [0.2, 0.25) is 0 Å². The number of amides is 1. The van der Waals surface area contributed by atoms with E-state index in [9.17, 15) is 17.6 Å². The number of halogens is 1. The van der Waals surface area contributed by atoms with Crippen molar-refractivity contribution in [3.8, 4) is 11.1 Å². The molecule has 28 heavy (non-hydrogen) atoms.